The number of H-pyrrole nitrogens is 2. The summed E-state index contributed by atoms with van der Waals surface area (Å²) in [6, 6.07) is 12.2. The van der Waals surface area contributed by atoms with E-state index in [1.807, 2.05) is 30.5 Å². The van der Waals surface area contributed by atoms with Gasteiger partial charge in [0.05, 0.1) is 34.6 Å². The number of carbonyl (C=O) groups excluding carboxylic acids is 1. The molecular formula is C22H16N4O4. The third kappa shape index (κ3) is 2.66. The largest absolute Gasteiger partial charge is 0.495 e. The van der Waals surface area contributed by atoms with Gasteiger partial charge < -0.3 is 20.0 Å². The normalized spacial score (nSPS) is 14.2. The molecule has 0 aliphatic carbocycles. The molecule has 3 N–H and O–H groups in total. The van der Waals surface area contributed by atoms with Gasteiger partial charge in [-0.25, -0.2) is 0 Å². The van der Waals surface area contributed by atoms with E-state index in [4.69, 9.17) is 4.74 Å². The standard InChI is InChI=1S/C22H16N4O4/c1-30-19-7-9-24-17(19)11-14-21-16(25-22(14)27)4-5-18(26(28)29)20(21)13-2-3-15-12(10-13)6-8-23-15/h2-11,23-24H,1H3,(H,25,27)/b14-11-. The molecule has 0 radical (unpaired) electrons. The SMILES string of the molecule is COc1cc[nH]c1/C=C1\C(=O)Nc2ccc([N+](=O)[O-])c(-c3ccc4[nH]ccc4c3)c21. The second-order valence-electron chi connectivity index (χ2n) is 6.89. The Hall–Kier alpha value is -4.33. The lowest BCUT2D eigenvalue weighted by molar-refractivity contribution is -0.384. The molecule has 3 heterocycles. The molecule has 1 amide bonds. The molecule has 1 aliphatic heterocycles. The molecule has 30 heavy (non-hydrogen) atoms. The van der Waals surface area contributed by atoms with Gasteiger partial charge in [-0.2, -0.15) is 0 Å². The average Bonchev–Trinajstić information content (AvgIpc) is 3.45. The van der Waals surface area contributed by atoms with Gasteiger partial charge in [-0.05, 0) is 47.4 Å². The summed E-state index contributed by atoms with van der Waals surface area (Å²) in [5.74, 6) is 0.246. The van der Waals surface area contributed by atoms with Gasteiger partial charge in [-0.1, -0.05) is 6.07 Å². The van der Waals surface area contributed by atoms with Gasteiger partial charge in [0, 0.05) is 29.5 Å². The lowest BCUT2D eigenvalue weighted by Crippen LogP contribution is -2.03. The van der Waals surface area contributed by atoms with E-state index in [1.165, 1.54) is 13.2 Å². The van der Waals surface area contributed by atoms with E-state index < -0.39 is 4.92 Å². The smallest absolute Gasteiger partial charge is 0.277 e. The van der Waals surface area contributed by atoms with Crippen molar-refractivity contribution in [2.24, 2.45) is 0 Å². The minimum Gasteiger partial charge on any atom is -0.495 e. The first-order valence-electron chi connectivity index (χ1n) is 9.20. The van der Waals surface area contributed by atoms with E-state index in [0.29, 0.717) is 39.4 Å². The zero-order chi connectivity index (χ0) is 20.8. The van der Waals surface area contributed by atoms with E-state index in [9.17, 15) is 14.9 Å². The second-order valence-corrected chi connectivity index (χ2v) is 6.89. The van der Waals surface area contributed by atoms with Crippen LogP contribution in [0.4, 0.5) is 11.4 Å². The molecule has 0 saturated heterocycles. The Bertz CT molecular complexity index is 1360. The third-order valence-corrected chi connectivity index (χ3v) is 5.23. The Morgan fingerprint density at radius 3 is 2.67 bits per heavy atom. The van der Waals surface area contributed by atoms with Crippen molar-refractivity contribution in [2.75, 3.05) is 12.4 Å². The van der Waals surface area contributed by atoms with Gasteiger partial charge in [-0.3, -0.25) is 14.9 Å². The number of rotatable bonds is 4. The molecule has 0 unspecified atom stereocenters. The maximum Gasteiger partial charge on any atom is 0.277 e. The summed E-state index contributed by atoms with van der Waals surface area (Å²) in [6.45, 7) is 0. The highest BCUT2D eigenvalue weighted by atomic mass is 16.6. The zero-order valence-electron chi connectivity index (χ0n) is 15.9. The van der Waals surface area contributed by atoms with Crippen LogP contribution in [0, 0.1) is 10.1 Å². The Labute approximate surface area is 170 Å². The molecule has 0 saturated carbocycles. The Morgan fingerprint density at radius 1 is 1.03 bits per heavy atom. The lowest BCUT2D eigenvalue weighted by Gasteiger charge is -2.10. The number of benzene rings is 2. The quantitative estimate of drug-likeness (QED) is 0.264. The summed E-state index contributed by atoms with van der Waals surface area (Å²) < 4.78 is 5.32. The number of methoxy groups -OCH3 is 1. The molecule has 2 aromatic heterocycles. The summed E-state index contributed by atoms with van der Waals surface area (Å²) in [5, 5.41) is 15.6. The van der Waals surface area contributed by atoms with Crippen LogP contribution in [-0.2, 0) is 4.79 Å². The number of fused-ring (bicyclic) bond motifs is 2. The van der Waals surface area contributed by atoms with E-state index in [2.05, 4.69) is 15.3 Å². The summed E-state index contributed by atoms with van der Waals surface area (Å²) in [6.07, 6.45) is 5.17. The number of aromatic amines is 2. The highest BCUT2D eigenvalue weighted by Crippen LogP contribution is 2.45. The Balaban J connectivity index is 1.80. The van der Waals surface area contributed by atoms with Gasteiger partial charge in [0.2, 0.25) is 0 Å². The molecule has 1 aliphatic rings. The molecule has 0 bridgehead atoms. The number of nitrogens with zero attached hydrogens (tertiary/aromatic N) is 1. The van der Waals surface area contributed by atoms with Gasteiger partial charge in [0.25, 0.3) is 11.6 Å². The number of hydrogen-bond acceptors (Lipinski definition) is 4. The average molecular weight is 400 g/mol. The molecule has 148 valence electrons. The van der Waals surface area contributed by atoms with Crippen LogP contribution in [0.5, 0.6) is 5.75 Å². The number of amides is 1. The highest BCUT2D eigenvalue weighted by molar-refractivity contribution is 6.36. The first kappa shape index (κ1) is 17.7. The minimum atomic E-state index is -0.424. The van der Waals surface area contributed by atoms with Gasteiger partial charge >= 0.3 is 0 Å². The maximum atomic E-state index is 12.8. The minimum absolute atomic E-state index is 0.0653. The van der Waals surface area contributed by atoms with Gasteiger partial charge in [-0.15, -0.1) is 0 Å². The summed E-state index contributed by atoms with van der Waals surface area (Å²) in [7, 11) is 1.54. The van der Waals surface area contributed by atoms with Gasteiger partial charge in [0.15, 0.2) is 0 Å². The number of carbonyl (C=O) groups is 1. The van der Waals surface area contributed by atoms with Crippen molar-refractivity contribution in [2.45, 2.75) is 0 Å². The topological polar surface area (TPSA) is 113 Å². The first-order chi connectivity index (χ1) is 14.6. The molecule has 2 aromatic carbocycles. The van der Waals surface area contributed by atoms with Crippen LogP contribution in [0.25, 0.3) is 33.7 Å². The van der Waals surface area contributed by atoms with Crippen molar-refractivity contribution < 1.29 is 14.5 Å². The van der Waals surface area contributed by atoms with E-state index in [0.717, 1.165) is 10.9 Å². The van der Waals surface area contributed by atoms with Crippen molar-refractivity contribution in [3.8, 4) is 16.9 Å². The van der Waals surface area contributed by atoms with Crippen molar-refractivity contribution in [1.82, 2.24) is 9.97 Å². The van der Waals surface area contributed by atoms with Gasteiger partial charge in [0.1, 0.15) is 5.75 Å². The van der Waals surface area contributed by atoms with Crippen molar-refractivity contribution in [3.63, 3.8) is 0 Å². The fourth-order valence-electron chi connectivity index (χ4n) is 3.87. The monoisotopic (exact) mass is 400 g/mol. The number of aromatic nitrogens is 2. The number of nitro groups is 1. The van der Waals surface area contributed by atoms with Crippen LogP contribution in [0.1, 0.15) is 11.3 Å². The third-order valence-electron chi connectivity index (χ3n) is 5.23. The molecule has 0 spiro atoms. The molecule has 4 aromatic rings. The van der Waals surface area contributed by atoms with Crippen molar-refractivity contribution in [1.29, 1.82) is 0 Å². The molecule has 0 atom stereocenters. The van der Waals surface area contributed by atoms with E-state index in [-0.39, 0.29) is 11.6 Å². The number of anilines is 1. The summed E-state index contributed by atoms with van der Waals surface area (Å²) in [5.41, 5.74) is 3.89. The first-order valence-corrected chi connectivity index (χ1v) is 9.20. The molecule has 8 nitrogen and oxygen atoms in total. The van der Waals surface area contributed by atoms with E-state index in [1.54, 1.807) is 24.4 Å². The fraction of sp³-hybridized carbons (Fsp3) is 0.0455. The Kier molecular flexibility index (Phi) is 3.92. The van der Waals surface area contributed by atoms with Crippen LogP contribution in [0.2, 0.25) is 0 Å². The molecule has 8 heteroatoms. The van der Waals surface area contributed by atoms with Crippen LogP contribution < -0.4 is 10.1 Å². The summed E-state index contributed by atoms with van der Waals surface area (Å²) >= 11 is 0. The lowest BCUT2D eigenvalue weighted by atomic mass is 9.92. The second kappa shape index (κ2) is 6.63. The van der Waals surface area contributed by atoms with Crippen LogP contribution in [0.3, 0.4) is 0 Å². The number of nitro benzene ring substituents is 1. The fourth-order valence-corrected chi connectivity index (χ4v) is 3.87. The highest BCUT2D eigenvalue weighted by Gasteiger charge is 2.33. The number of nitrogens with one attached hydrogen (secondary N) is 3. The van der Waals surface area contributed by atoms with E-state index >= 15 is 0 Å². The predicted octanol–water partition coefficient (Wildman–Crippen LogP) is 4.57. The molecule has 0 fully saturated rings. The maximum absolute atomic E-state index is 12.8. The zero-order valence-corrected chi connectivity index (χ0v) is 15.9. The predicted molar refractivity (Wildman–Crippen MR) is 114 cm³/mol. The van der Waals surface area contributed by atoms with Crippen LogP contribution >= 0.6 is 0 Å². The van der Waals surface area contributed by atoms with Crippen LogP contribution in [0.15, 0.2) is 54.9 Å². The van der Waals surface area contributed by atoms with Crippen molar-refractivity contribution in [3.05, 3.63) is 76.2 Å². The Morgan fingerprint density at radius 2 is 1.87 bits per heavy atom. The number of ether oxygens (including phenoxy) is 1. The molecular weight excluding hydrogens is 384 g/mol. The van der Waals surface area contributed by atoms with Crippen LogP contribution in [-0.4, -0.2) is 27.9 Å². The molecule has 5 rings (SSSR count). The summed E-state index contributed by atoms with van der Waals surface area (Å²) in [4.78, 5) is 30.4. The van der Waals surface area contributed by atoms with Crippen molar-refractivity contribution >= 4 is 39.8 Å². The number of hydrogen-bond donors (Lipinski definition) is 3.